The molecule has 0 heterocycles. The van der Waals surface area contributed by atoms with Crippen molar-refractivity contribution in [1.29, 1.82) is 0 Å². The molecule has 92 valence electrons. The number of non-ortho nitro benzene ring substituents is 1. The summed E-state index contributed by atoms with van der Waals surface area (Å²) in [4.78, 5) is 16.1. The van der Waals surface area contributed by atoms with Gasteiger partial charge in [0.25, 0.3) is 15.7 Å². The minimum absolute atomic E-state index is 0.0201. The van der Waals surface area contributed by atoms with Gasteiger partial charge in [-0.3, -0.25) is 15.0 Å². The highest BCUT2D eigenvalue weighted by molar-refractivity contribution is 7.89. The average molecular weight is 258 g/mol. The third-order valence-electron chi connectivity index (χ3n) is 1.73. The first-order valence-electron chi connectivity index (χ1n) is 4.46. The van der Waals surface area contributed by atoms with Gasteiger partial charge in [-0.1, -0.05) is 11.0 Å². The number of sulfonamides is 1. The molecule has 0 radical (unpaired) electrons. The summed E-state index contributed by atoms with van der Waals surface area (Å²) in [5, 5.41) is 10.4. The third kappa shape index (κ3) is 3.63. The Morgan fingerprint density at radius 2 is 2.00 bits per heavy atom. The van der Waals surface area contributed by atoms with Gasteiger partial charge in [0.1, 0.15) is 0 Å². The van der Waals surface area contributed by atoms with Crippen LogP contribution in [0.15, 0.2) is 41.8 Å². The molecule has 0 saturated heterocycles. The Kier molecular flexibility index (Phi) is 4.32. The van der Waals surface area contributed by atoms with Crippen molar-refractivity contribution in [1.82, 2.24) is 4.89 Å². The van der Waals surface area contributed by atoms with E-state index in [1.54, 1.807) is 0 Å². The van der Waals surface area contributed by atoms with E-state index in [-0.39, 0.29) is 17.2 Å². The van der Waals surface area contributed by atoms with Gasteiger partial charge < -0.3 is 0 Å². The monoisotopic (exact) mass is 258 g/mol. The second kappa shape index (κ2) is 5.53. The topological polar surface area (TPSA) is 98.5 Å². The van der Waals surface area contributed by atoms with Crippen LogP contribution >= 0.6 is 0 Å². The smallest absolute Gasteiger partial charge is 0.269 e. The van der Waals surface area contributed by atoms with Crippen molar-refractivity contribution in [3.63, 3.8) is 0 Å². The molecule has 0 bridgehead atoms. The molecule has 0 aliphatic rings. The van der Waals surface area contributed by atoms with Crippen LogP contribution in [-0.2, 0) is 14.9 Å². The number of nitrogens with zero attached hydrogens (tertiary/aromatic N) is 1. The lowest BCUT2D eigenvalue weighted by molar-refractivity contribution is -0.384. The van der Waals surface area contributed by atoms with Crippen molar-refractivity contribution >= 4 is 15.7 Å². The minimum atomic E-state index is -3.82. The summed E-state index contributed by atoms with van der Waals surface area (Å²) in [6, 6.07) is 4.44. The number of rotatable bonds is 6. The van der Waals surface area contributed by atoms with E-state index in [2.05, 4.69) is 11.4 Å². The number of nitro benzene ring substituents is 1. The highest BCUT2D eigenvalue weighted by Gasteiger charge is 2.15. The van der Waals surface area contributed by atoms with Crippen LogP contribution in [0, 0.1) is 10.1 Å². The van der Waals surface area contributed by atoms with Gasteiger partial charge >= 0.3 is 0 Å². The van der Waals surface area contributed by atoms with E-state index in [1.807, 2.05) is 4.89 Å². The first-order chi connectivity index (χ1) is 7.97. The van der Waals surface area contributed by atoms with Crippen molar-refractivity contribution in [3.8, 4) is 0 Å². The second-order valence-electron chi connectivity index (χ2n) is 2.94. The number of hydrogen-bond donors (Lipinski definition) is 1. The first-order valence-corrected chi connectivity index (χ1v) is 5.94. The molecule has 1 N–H and O–H groups in total. The summed E-state index contributed by atoms with van der Waals surface area (Å²) in [6.07, 6.45) is 1.37. The Morgan fingerprint density at radius 3 is 2.47 bits per heavy atom. The van der Waals surface area contributed by atoms with Gasteiger partial charge in [-0.15, -0.1) is 6.58 Å². The van der Waals surface area contributed by atoms with E-state index in [4.69, 9.17) is 0 Å². The van der Waals surface area contributed by atoms with Crippen LogP contribution in [0.4, 0.5) is 5.69 Å². The molecule has 0 aliphatic heterocycles. The summed E-state index contributed by atoms with van der Waals surface area (Å²) in [5.41, 5.74) is -0.184. The fourth-order valence-corrected chi connectivity index (χ4v) is 1.78. The Morgan fingerprint density at radius 1 is 1.41 bits per heavy atom. The molecule has 7 nitrogen and oxygen atoms in total. The van der Waals surface area contributed by atoms with Gasteiger partial charge in [0.05, 0.1) is 16.4 Å². The predicted molar refractivity (Wildman–Crippen MR) is 59.6 cm³/mol. The van der Waals surface area contributed by atoms with Crippen LogP contribution in [-0.4, -0.2) is 19.9 Å². The maximum absolute atomic E-state index is 11.5. The summed E-state index contributed by atoms with van der Waals surface area (Å²) >= 11 is 0. The fourth-order valence-electron chi connectivity index (χ4n) is 0.966. The van der Waals surface area contributed by atoms with E-state index in [9.17, 15) is 18.5 Å². The first kappa shape index (κ1) is 13.3. The lowest BCUT2D eigenvalue weighted by Gasteiger charge is -2.05. The van der Waals surface area contributed by atoms with Gasteiger partial charge in [-0.2, -0.15) is 0 Å². The second-order valence-corrected chi connectivity index (χ2v) is 4.58. The molecule has 0 amide bonds. The minimum Gasteiger partial charge on any atom is -0.283 e. The van der Waals surface area contributed by atoms with Crippen molar-refractivity contribution in [2.45, 2.75) is 4.90 Å². The molecule has 0 aliphatic carbocycles. The Balaban J connectivity index is 2.85. The van der Waals surface area contributed by atoms with Gasteiger partial charge in [0, 0.05) is 12.1 Å². The van der Waals surface area contributed by atoms with E-state index >= 15 is 0 Å². The quantitative estimate of drug-likeness (QED) is 0.355. The Hall–Kier alpha value is -1.77. The van der Waals surface area contributed by atoms with Gasteiger partial charge in [-0.25, -0.2) is 8.42 Å². The number of nitrogens with one attached hydrogen (secondary N) is 1. The van der Waals surface area contributed by atoms with Gasteiger partial charge in [0.15, 0.2) is 0 Å². The SMILES string of the molecule is C=CCONS(=O)(=O)c1ccc([N+](=O)[O-])cc1. The molecule has 1 rings (SSSR count). The molecule has 1 aromatic rings. The van der Waals surface area contributed by atoms with Crippen LogP contribution in [0.25, 0.3) is 0 Å². The average Bonchev–Trinajstić information content (AvgIpc) is 2.29. The summed E-state index contributed by atoms with van der Waals surface area (Å²) < 4.78 is 23.1. The molecule has 0 saturated carbocycles. The van der Waals surface area contributed by atoms with Crippen molar-refractivity contribution in [2.24, 2.45) is 0 Å². The zero-order valence-corrected chi connectivity index (χ0v) is 9.51. The van der Waals surface area contributed by atoms with Crippen LogP contribution in [0.1, 0.15) is 0 Å². The van der Waals surface area contributed by atoms with Crippen LogP contribution in [0.2, 0.25) is 0 Å². The zero-order valence-electron chi connectivity index (χ0n) is 8.70. The molecule has 1 aromatic carbocycles. The molecular formula is C9H10N2O5S. The molecule has 0 spiro atoms. The molecule has 8 heteroatoms. The highest BCUT2D eigenvalue weighted by Crippen LogP contribution is 2.15. The Labute approximate surface area is 97.9 Å². The number of nitro groups is 1. The largest absolute Gasteiger partial charge is 0.283 e. The third-order valence-corrected chi connectivity index (χ3v) is 2.96. The van der Waals surface area contributed by atoms with E-state index in [1.165, 1.54) is 6.08 Å². The van der Waals surface area contributed by atoms with E-state index in [0.717, 1.165) is 24.3 Å². The molecular weight excluding hydrogens is 248 g/mol. The standard InChI is InChI=1S/C9H10N2O5S/c1-2-7-16-10-17(14,15)9-5-3-8(4-6-9)11(12)13/h2-6,10H,1,7H2. The highest BCUT2D eigenvalue weighted by atomic mass is 32.2. The van der Waals surface area contributed by atoms with Gasteiger partial charge in [-0.05, 0) is 12.1 Å². The summed E-state index contributed by atoms with van der Waals surface area (Å²) in [5.74, 6) is 0. The molecule has 0 aromatic heterocycles. The zero-order chi connectivity index (χ0) is 12.9. The normalized spacial score (nSPS) is 11.1. The number of hydrogen-bond acceptors (Lipinski definition) is 5. The summed E-state index contributed by atoms with van der Waals surface area (Å²) in [6.45, 7) is 3.37. The fraction of sp³-hybridized carbons (Fsp3) is 0.111. The lowest BCUT2D eigenvalue weighted by atomic mass is 10.3. The molecule has 17 heavy (non-hydrogen) atoms. The van der Waals surface area contributed by atoms with Gasteiger partial charge in [0.2, 0.25) is 0 Å². The maximum atomic E-state index is 11.5. The molecule has 0 unspecified atom stereocenters. The number of benzene rings is 1. The molecule has 0 fully saturated rings. The summed E-state index contributed by atoms with van der Waals surface area (Å²) in [7, 11) is -3.82. The van der Waals surface area contributed by atoms with Crippen molar-refractivity contribution in [2.75, 3.05) is 6.61 Å². The maximum Gasteiger partial charge on any atom is 0.269 e. The van der Waals surface area contributed by atoms with Crippen LogP contribution in [0.5, 0.6) is 0 Å². The molecule has 0 atom stereocenters. The van der Waals surface area contributed by atoms with Crippen LogP contribution in [0.3, 0.4) is 0 Å². The predicted octanol–water partition coefficient (Wildman–Crippen LogP) is 0.991. The van der Waals surface area contributed by atoms with Crippen molar-refractivity contribution in [3.05, 3.63) is 47.0 Å². The van der Waals surface area contributed by atoms with Crippen LogP contribution < -0.4 is 4.89 Å². The van der Waals surface area contributed by atoms with Crippen molar-refractivity contribution < 1.29 is 18.2 Å². The Bertz CT molecular complexity index is 509. The lowest BCUT2D eigenvalue weighted by Crippen LogP contribution is -2.24. The van der Waals surface area contributed by atoms with E-state index in [0.29, 0.717) is 0 Å². The van der Waals surface area contributed by atoms with E-state index < -0.39 is 14.9 Å².